The van der Waals surface area contributed by atoms with Crippen LogP contribution in [0.1, 0.15) is 5.82 Å². The summed E-state index contributed by atoms with van der Waals surface area (Å²) in [6, 6.07) is 10.4. The van der Waals surface area contributed by atoms with E-state index in [4.69, 9.17) is 4.52 Å². The fourth-order valence-corrected chi connectivity index (χ4v) is 3.16. The minimum absolute atomic E-state index is 0.268. The van der Waals surface area contributed by atoms with Crippen LogP contribution in [0.15, 0.2) is 51.2 Å². The highest BCUT2D eigenvalue weighted by atomic mass is 32.2. The molecule has 8 heteroatoms. The lowest BCUT2D eigenvalue weighted by Crippen LogP contribution is -2.03. The highest BCUT2D eigenvalue weighted by Gasteiger charge is 2.10. The number of aromatic nitrogens is 2. The predicted molar refractivity (Wildman–Crippen MR) is 84.5 cm³/mol. The fourth-order valence-electron chi connectivity index (χ4n) is 1.84. The molecule has 0 aliphatic rings. The van der Waals surface area contributed by atoms with Crippen molar-refractivity contribution in [2.24, 2.45) is 0 Å². The van der Waals surface area contributed by atoms with Gasteiger partial charge in [0, 0.05) is 11.9 Å². The molecule has 22 heavy (non-hydrogen) atoms. The van der Waals surface area contributed by atoms with E-state index >= 15 is 0 Å². The highest BCUT2D eigenvalue weighted by Crippen LogP contribution is 2.22. The Balaban J connectivity index is 1.71. The number of hydrogen-bond donors (Lipinski definition) is 1. The molecule has 0 aliphatic carbocycles. The first-order valence-corrected chi connectivity index (χ1v) is 9.20. The Hall–Kier alpha value is -2.19. The zero-order valence-corrected chi connectivity index (χ0v) is 13.3. The van der Waals surface area contributed by atoms with E-state index in [1.54, 1.807) is 24.3 Å². The Morgan fingerprint density at radius 1 is 1.27 bits per heavy atom. The molecule has 0 bridgehead atoms. The summed E-state index contributed by atoms with van der Waals surface area (Å²) in [4.78, 5) is 5.47. The van der Waals surface area contributed by atoms with Crippen LogP contribution in [0.5, 0.6) is 0 Å². The van der Waals surface area contributed by atoms with E-state index in [2.05, 4.69) is 15.5 Å². The summed E-state index contributed by atoms with van der Waals surface area (Å²) in [5, 5.41) is 8.92. The average Bonchev–Trinajstić information content (AvgIpc) is 3.15. The van der Waals surface area contributed by atoms with Crippen LogP contribution in [0.4, 0.5) is 5.69 Å². The van der Waals surface area contributed by atoms with Crippen LogP contribution in [0.3, 0.4) is 0 Å². The molecule has 1 aromatic carbocycles. The molecule has 2 heterocycles. The molecular formula is C14H13N3O3S2. The van der Waals surface area contributed by atoms with Crippen LogP contribution in [0, 0.1) is 0 Å². The van der Waals surface area contributed by atoms with E-state index in [1.807, 2.05) is 17.5 Å². The third kappa shape index (κ3) is 3.34. The van der Waals surface area contributed by atoms with Crippen molar-refractivity contribution in [1.82, 2.24) is 10.1 Å². The molecule has 114 valence electrons. The predicted octanol–water partition coefficient (Wildman–Crippen LogP) is 2.81. The number of anilines is 1. The van der Waals surface area contributed by atoms with Crippen LogP contribution in [0.2, 0.25) is 0 Å². The summed E-state index contributed by atoms with van der Waals surface area (Å²) in [6.07, 6.45) is 1.18. The second-order valence-electron chi connectivity index (χ2n) is 4.65. The van der Waals surface area contributed by atoms with Gasteiger partial charge in [-0.2, -0.15) is 4.98 Å². The first kappa shape index (κ1) is 14.7. The molecule has 0 fully saturated rings. The molecule has 3 aromatic rings. The molecule has 0 atom stereocenters. The van der Waals surface area contributed by atoms with Gasteiger partial charge >= 0.3 is 0 Å². The summed E-state index contributed by atoms with van der Waals surface area (Å²) < 4.78 is 28.2. The normalized spacial score (nSPS) is 11.5. The maximum atomic E-state index is 11.5. The van der Waals surface area contributed by atoms with Crippen molar-refractivity contribution >= 4 is 26.9 Å². The fraction of sp³-hybridized carbons (Fsp3) is 0.143. The first-order chi connectivity index (χ1) is 10.5. The zero-order valence-electron chi connectivity index (χ0n) is 11.7. The van der Waals surface area contributed by atoms with E-state index in [9.17, 15) is 8.42 Å². The monoisotopic (exact) mass is 335 g/mol. The standard InChI is InChI=1S/C14H13N3O3S2/c1-22(18,19)11-5-2-4-10(8-11)15-9-13-16-14(20-17-13)12-6-3-7-21-12/h2-8,15H,9H2,1H3. The van der Waals surface area contributed by atoms with Gasteiger partial charge in [0.05, 0.1) is 16.3 Å². The van der Waals surface area contributed by atoms with Gasteiger partial charge in [0.15, 0.2) is 15.7 Å². The Bertz CT molecular complexity index is 870. The number of hydrogen-bond acceptors (Lipinski definition) is 7. The van der Waals surface area contributed by atoms with E-state index in [-0.39, 0.29) is 4.90 Å². The molecule has 0 saturated heterocycles. The van der Waals surface area contributed by atoms with Crippen molar-refractivity contribution in [3.8, 4) is 10.8 Å². The Morgan fingerprint density at radius 3 is 2.86 bits per heavy atom. The Kier molecular flexibility index (Phi) is 3.95. The SMILES string of the molecule is CS(=O)(=O)c1cccc(NCc2noc(-c3cccs3)n2)c1. The summed E-state index contributed by atoms with van der Waals surface area (Å²) in [7, 11) is -3.22. The highest BCUT2D eigenvalue weighted by molar-refractivity contribution is 7.90. The molecule has 1 N–H and O–H groups in total. The molecule has 3 rings (SSSR count). The summed E-state index contributed by atoms with van der Waals surface area (Å²) in [5.41, 5.74) is 0.686. The number of nitrogens with one attached hydrogen (secondary N) is 1. The van der Waals surface area contributed by atoms with E-state index in [0.717, 1.165) is 4.88 Å². The summed E-state index contributed by atoms with van der Waals surface area (Å²) in [5.74, 6) is 0.991. The summed E-state index contributed by atoms with van der Waals surface area (Å²) >= 11 is 1.53. The number of benzene rings is 1. The van der Waals surface area contributed by atoms with E-state index in [0.29, 0.717) is 23.9 Å². The van der Waals surface area contributed by atoms with Crippen LogP contribution in [-0.4, -0.2) is 24.8 Å². The Morgan fingerprint density at radius 2 is 2.14 bits per heavy atom. The lowest BCUT2D eigenvalue weighted by molar-refractivity contribution is 0.424. The van der Waals surface area contributed by atoms with Crippen molar-refractivity contribution in [2.45, 2.75) is 11.4 Å². The minimum atomic E-state index is -3.22. The number of thiophene rings is 1. The van der Waals surface area contributed by atoms with Crippen molar-refractivity contribution < 1.29 is 12.9 Å². The molecule has 0 unspecified atom stereocenters. The molecule has 0 aliphatic heterocycles. The van der Waals surface area contributed by atoms with Crippen molar-refractivity contribution in [3.05, 3.63) is 47.6 Å². The molecule has 0 amide bonds. The van der Waals surface area contributed by atoms with Gasteiger partial charge in [0.25, 0.3) is 5.89 Å². The average molecular weight is 335 g/mol. The second kappa shape index (κ2) is 5.90. The number of nitrogens with zero attached hydrogens (tertiary/aromatic N) is 2. The molecule has 0 saturated carbocycles. The van der Waals surface area contributed by atoms with Gasteiger partial charge in [-0.25, -0.2) is 8.42 Å². The molecule has 0 radical (unpaired) electrons. The van der Waals surface area contributed by atoms with Gasteiger partial charge in [-0.3, -0.25) is 0 Å². The summed E-state index contributed by atoms with van der Waals surface area (Å²) in [6.45, 7) is 0.349. The van der Waals surface area contributed by atoms with Gasteiger partial charge < -0.3 is 9.84 Å². The topological polar surface area (TPSA) is 85.1 Å². The van der Waals surface area contributed by atoms with E-state index in [1.165, 1.54) is 17.6 Å². The third-order valence-corrected chi connectivity index (χ3v) is 4.88. The maximum Gasteiger partial charge on any atom is 0.268 e. The third-order valence-electron chi connectivity index (χ3n) is 2.91. The molecular weight excluding hydrogens is 322 g/mol. The number of sulfone groups is 1. The van der Waals surface area contributed by atoms with Crippen LogP contribution in [0.25, 0.3) is 10.8 Å². The lowest BCUT2D eigenvalue weighted by atomic mass is 10.3. The molecule has 2 aromatic heterocycles. The first-order valence-electron chi connectivity index (χ1n) is 6.43. The van der Waals surface area contributed by atoms with Gasteiger partial charge in [-0.15, -0.1) is 11.3 Å². The van der Waals surface area contributed by atoms with Crippen molar-refractivity contribution in [2.75, 3.05) is 11.6 Å². The Labute approximate surface area is 131 Å². The van der Waals surface area contributed by atoms with Gasteiger partial charge in [-0.1, -0.05) is 17.3 Å². The van der Waals surface area contributed by atoms with Gasteiger partial charge in [0.1, 0.15) is 0 Å². The quantitative estimate of drug-likeness (QED) is 0.772. The lowest BCUT2D eigenvalue weighted by Gasteiger charge is -2.05. The van der Waals surface area contributed by atoms with Crippen LogP contribution < -0.4 is 5.32 Å². The van der Waals surface area contributed by atoms with Crippen molar-refractivity contribution in [1.29, 1.82) is 0 Å². The second-order valence-corrected chi connectivity index (χ2v) is 7.61. The minimum Gasteiger partial charge on any atom is -0.378 e. The molecule has 0 spiro atoms. The van der Waals surface area contributed by atoms with Crippen LogP contribution in [-0.2, 0) is 16.4 Å². The van der Waals surface area contributed by atoms with E-state index < -0.39 is 9.84 Å². The largest absolute Gasteiger partial charge is 0.378 e. The number of rotatable bonds is 5. The maximum absolute atomic E-state index is 11.5. The van der Waals surface area contributed by atoms with Gasteiger partial charge in [0.2, 0.25) is 0 Å². The molecule has 6 nitrogen and oxygen atoms in total. The van der Waals surface area contributed by atoms with Crippen molar-refractivity contribution in [3.63, 3.8) is 0 Å². The van der Waals surface area contributed by atoms with Gasteiger partial charge in [-0.05, 0) is 29.6 Å². The smallest absolute Gasteiger partial charge is 0.268 e. The zero-order chi connectivity index (χ0) is 15.6. The van der Waals surface area contributed by atoms with Crippen LogP contribution >= 0.6 is 11.3 Å².